The Morgan fingerprint density at radius 1 is 1.00 bits per heavy atom. The molecule has 0 saturated heterocycles. The first-order valence-corrected chi connectivity index (χ1v) is 7.98. The fraction of sp³-hybridized carbons (Fsp3) is 0.316. The van der Waals surface area contributed by atoms with Crippen LogP contribution in [0.2, 0.25) is 0 Å². The van der Waals surface area contributed by atoms with E-state index in [-0.39, 0.29) is 30.3 Å². The van der Waals surface area contributed by atoms with E-state index in [1.807, 2.05) is 50.2 Å². The molecule has 5 heteroatoms. The van der Waals surface area contributed by atoms with E-state index in [0.29, 0.717) is 0 Å². The number of nitrogens with zero attached hydrogens (tertiary/aromatic N) is 1. The Balaban J connectivity index is 2.04. The van der Waals surface area contributed by atoms with E-state index in [4.69, 9.17) is 0 Å². The van der Waals surface area contributed by atoms with Crippen molar-refractivity contribution in [3.8, 4) is 0 Å². The van der Waals surface area contributed by atoms with Crippen LogP contribution in [-0.4, -0.2) is 16.8 Å². The van der Waals surface area contributed by atoms with Gasteiger partial charge in [0.25, 0.3) is 0 Å². The van der Waals surface area contributed by atoms with E-state index in [1.54, 1.807) is 12.4 Å². The van der Waals surface area contributed by atoms with Gasteiger partial charge in [-0.25, -0.2) is 0 Å². The number of nitrogens with one attached hydrogen (secondary N) is 2. The molecule has 2 N–H and O–H groups in total. The highest BCUT2D eigenvalue weighted by Crippen LogP contribution is 2.19. The zero-order valence-corrected chi connectivity index (χ0v) is 14.2. The summed E-state index contributed by atoms with van der Waals surface area (Å²) < 4.78 is 0. The Kier molecular flexibility index (Phi) is 6.07. The largest absolute Gasteiger partial charge is 0.350 e. The van der Waals surface area contributed by atoms with E-state index >= 15 is 0 Å². The average molecular weight is 325 g/mol. The third-order valence-electron chi connectivity index (χ3n) is 3.83. The monoisotopic (exact) mass is 325 g/mol. The van der Waals surface area contributed by atoms with Crippen LogP contribution in [0.5, 0.6) is 0 Å². The minimum atomic E-state index is -0.340. The van der Waals surface area contributed by atoms with Crippen LogP contribution in [0.1, 0.15) is 49.0 Å². The molecule has 2 rings (SSSR count). The van der Waals surface area contributed by atoms with Crippen molar-refractivity contribution in [1.29, 1.82) is 0 Å². The maximum Gasteiger partial charge on any atom is 0.222 e. The molecule has 5 nitrogen and oxygen atoms in total. The number of hydrogen-bond donors (Lipinski definition) is 2. The Morgan fingerprint density at radius 3 is 2.21 bits per heavy atom. The van der Waals surface area contributed by atoms with Crippen LogP contribution in [0.4, 0.5) is 0 Å². The molecule has 0 bridgehead atoms. The lowest BCUT2D eigenvalue weighted by atomic mass is 10.0. The van der Waals surface area contributed by atoms with Gasteiger partial charge in [0.1, 0.15) is 0 Å². The molecular weight excluding hydrogens is 302 g/mol. The second kappa shape index (κ2) is 8.24. The highest BCUT2D eigenvalue weighted by molar-refractivity contribution is 5.79. The fourth-order valence-corrected chi connectivity index (χ4v) is 2.52. The van der Waals surface area contributed by atoms with Gasteiger partial charge in [-0.2, -0.15) is 0 Å². The molecule has 2 unspecified atom stereocenters. The number of aryl methyl sites for hydroxylation is 1. The lowest BCUT2D eigenvalue weighted by Gasteiger charge is -2.20. The summed E-state index contributed by atoms with van der Waals surface area (Å²) in [5, 5.41) is 5.81. The molecule has 2 atom stereocenters. The fourth-order valence-electron chi connectivity index (χ4n) is 2.52. The maximum atomic E-state index is 12.4. The number of carbonyl (C=O) groups is 2. The van der Waals surface area contributed by atoms with Crippen molar-refractivity contribution in [3.05, 3.63) is 65.5 Å². The molecule has 126 valence electrons. The highest BCUT2D eigenvalue weighted by atomic mass is 16.2. The predicted octanol–water partition coefficient (Wildman–Crippen LogP) is 2.83. The van der Waals surface area contributed by atoms with Gasteiger partial charge in [0.15, 0.2) is 0 Å². The third-order valence-corrected chi connectivity index (χ3v) is 3.83. The molecule has 2 amide bonds. The summed E-state index contributed by atoms with van der Waals surface area (Å²) in [6.07, 6.45) is 3.59. The normalized spacial score (nSPS) is 13.0. The lowest BCUT2D eigenvalue weighted by molar-refractivity contribution is -0.123. The van der Waals surface area contributed by atoms with Crippen LogP contribution >= 0.6 is 0 Å². The topological polar surface area (TPSA) is 71.1 Å². The Labute approximate surface area is 142 Å². The van der Waals surface area contributed by atoms with E-state index in [9.17, 15) is 9.59 Å². The summed E-state index contributed by atoms with van der Waals surface area (Å²) in [6, 6.07) is 11.1. The molecule has 1 aromatic heterocycles. The van der Waals surface area contributed by atoms with Crippen LogP contribution in [-0.2, 0) is 9.59 Å². The minimum absolute atomic E-state index is 0.112. The molecule has 2 aromatic rings. The summed E-state index contributed by atoms with van der Waals surface area (Å²) in [4.78, 5) is 27.8. The second-order valence-corrected chi connectivity index (χ2v) is 5.94. The molecule has 0 aliphatic heterocycles. The Hall–Kier alpha value is -2.69. The summed E-state index contributed by atoms with van der Waals surface area (Å²) in [6.45, 7) is 5.38. The summed E-state index contributed by atoms with van der Waals surface area (Å²) in [7, 11) is 0. The third kappa shape index (κ3) is 5.19. The minimum Gasteiger partial charge on any atom is -0.350 e. The second-order valence-electron chi connectivity index (χ2n) is 5.94. The molecule has 0 saturated carbocycles. The Morgan fingerprint density at radius 2 is 1.62 bits per heavy atom. The van der Waals surface area contributed by atoms with Crippen LogP contribution in [0, 0.1) is 6.92 Å². The molecule has 0 fully saturated rings. The van der Waals surface area contributed by atoms with E-state index in [0.717, 1.165) is 16.7 Å². The smallest absolute Gasteiger partial charge is 0.222 e. The first-order chi connectivity index (χ1) is 11.5. The van der Waals surface area contributed by atoms with E-state index in [1.165, 1.54) is 6.92 Å². The Bertz CT molecular complexity index is 684. The van der Waals surface area contributed by atoms with Gasteiger partial charge >= 0.3 is 0 Å². The SMILES string of the molecule is CC(=O)NC(CC(=O)NC(C)c1ccncc1)c1ccc(C)cc1. The number of pyridine rings is 1. The summed E-state index contributed by atoms with van der Waals surface area (Å²) in [5.41, 5.74) is 3.04. The maximum absolute atomic E-state index is 12.4. The van der Waals surface area contributed by atoms with E-state index < -0.39 is 0 Å². The molecule has 0 spiro atoms. The molecule has 0 radical (unpaired) electrons. The van der Waals surface area contributed by atoms with Crippen molar-refractivity contribution >= 4 is 11.8 Å². The number of hydrogen-bond acceptors (Lipinski definition) is 3. The zero-order chi connectivity index (χ0) is 17.5. The first-order valence-electron chi connectivity index (χ1n) is 7.98. The number of carbonyl (C=O) groups excluding carboxylic acids is 2. The number of aromatic nitrogens is 1. The molecule has 1 aromatic carbocycles. The van der Waals surface area contributed by atoms with Crippen molar-refractivity contribution in [2.24, 2.45) is 0 Å². The lowest BCUT2D eigenvalue weighted by Crippen LogP contribution is -2.33. The highest BCUT2D eigenvalue weighted by Gasteiger charge is 2.18. The van der Waals surface area contributed by atoms with Crippen LogP contribution in [0.3, 0.4) is 0 Å². The van der Waals surface area contributed by atoms with Gasteiger partial charge in [-0.1, -0.05) is 29.8 Å². The molecule has 24 heavy (non-hydrogen) atoms. The van der Waals surface area contributed by atoms with Gasteiger partial charge in [0.2, 0.25) is 11.8 Å². The average Bonchev–Trinajstić information content (AvgIpc) is 2.55. The van der Waals surface area contributed by atoms with Crippen molar-refractivity contribution in [2.75, 3.05) is 0 Å². The van der Waals surface area contributed by atoms with Crippen molar-refractivity contribution in [3.63, 3.8) is 0 Å². The summed E-state index contributed by atoms with van der Waals surface area (Å²) in [5.74, 6) is -0.269. The van der Waals surface area contributed by atoms with Crippen LogP contribution < -0.4 is 10.6 Å². The van der Waals surface area contributed by atoms with Gasteiger partial charge in [0, 0.05) is 19.3 Å². The van der Waals surface area contributed by atoms with Gasteiger partial charge in [-0.3, -0.25) is 14.6 Å². The van der Waals surface area contributed by atoms with Crippen molar-refractivity contribution < 1.29 is 9.59 Å². The standard InChI is InChI=1S/C19H23N3O2/c1-13-4-6-17(7-5-13)18(22-15(3)23)12-19(24)21-14(2)16-8-10-20-11-9-16/h4-11,14,18H,12H2,1-3H3,(H,21,24)(H,22,23). The number of rotatable bonds is 6. The molecule has 1 heterocycles. The van der Waals surface area contributed by atoms with Gasteiger partial charge < -0.3 is 10.6 Å². The van der Waals surface area contributed by atoms with Crippen molar-refractivity contribution in [2.45, 2.75) is 39.3 Å². The molecule has 0 aliphatic carbocycles. The predicted molar refractivity (Wildman–Crippen MR) is 93.1 cm³/mol. The van der Waals surface area contributed by atoms with Gasteiger partial charge in [-0.05, 0) is 37.1 Å². The van der Waals surface area contributed by atoms with Gasteiger partial charge in [-0.15, -0.1) is 0 Å². The van der Waals surface area contributed by atoms with E-state index in [2.05, 4.69) is 15.6 Å². The zero-order valence-electron chi connectivity index (χ0n) is 14.2. The first kappa shape index (κ1) is 17.7. The quantitative estimate of drug-likeness (QED) is 0.858. The van der Waals surface area contributed by atoms with Crippen LogP contribution in [0.25, 0.3) is 0 Å². The summed E-state index contributed by atoms with van der Waals surface area (Å²) >= 11 is 0. The van der Waals surface area contributed by atoms with Crippen LogP contribution in [0.15, 0.2) is 48.8 Å². The van der Waals surface area contributed by atoms with Gasteiger partial charge in [0.05, 0.1) is 18.5 Å². The number of amides is 2. The molecule has 0 aliphatic rings. The van der Waals surface area contributed by atoms with Crippen molar-refractivity contribution in [1.82, 2.24) is 15.6 Å². The molecular formula is C19H23N3O2. The number of benzene rings is 1.